The SMILES string of the molecule is COc1ccc(N(C)c2ccc(N)c3ncccc23)cc1. The first-order chi connectivity index (χ1) is 10.2. The van der Waals surface area contributed by atoms with E-state index < -0.39 is 0 Å². The van der Waals surface area contributed by atoms with E-state index >= 15 is 0 Å². The number of hydrogen-bond acceptors (Lipinski definition) is 4. The molecular weight excluding hydrogens is 262 g/mol. The summed E-state index contributed by atoms with van der Waals surface area (Å²) in [6, 6.07) is 15.8. The highest BCUT2D eigenvalue weighted by Crippen LogP contribution is 2.33. The molecule has 0 bridgehead atoms. The molecule has 0 saturated heterocycles. The standard InChI is InChI=1S/C17H17N3O/c1-20(12-5-7-13(21-2)8-6-12)16-10-9-15(18)17-14(16)4-3-11-19-17/h3-11H,18H2,1-2H3. The molecule has 0 fully saturated rings. The van der Waals surface area contributed by atoms with Crippen LogP contribution in [0.1, 0.15) is 0 Å². The Morgan fingerprint density at radius 2 is 1.81 bits per heavy atom. The lowest BCUT2D eigenvalue weighted by molar-refractivity contribution is 0.415. The average Bonchev–Trinajstić information content (AvgIpc) is 2.55. The first-order valence-corrected chi connectivity index (χ1v) is 6.71. The summed E-state index contributed by atoms with van der Waals surface area (Å²) < 4.78 is 5.20. The minimum Gasteiger partial charge on any atom is -0.497 e. The summed E-state index contributed by atoms with van der Waals surface area (Å²) in [6.07, 6.45) is 1.76. The molecule has 3 rings (SSSR count). The summed E-state index contributed by atoms with van der Waals surface area (Å²) in [7, 11) is 3.69. The van der Waals surface area contributed by atoms with Gasteiger partial charge in [0.2, 0.25) is 0 Å². The first-order valence-electron chi connectivity index (χ1n) is 6.71. The Morgan fingerprint density at radius 3 is 2.52 bits per heavy atom. The second-order valence-corrected chi connectivity index (χ2v) is 4.83. The number of aromatic nitrogens is 1. The molecule has 4 heteroatoms. The van der Waals surface area contributed by atoms with Crippen LogP contribution in [0, 0.1) is 0 Å². The van der Waals surface area contributed by atoms with Crippen molar-refractivity contribution >= 4 is 28.0 Å². The van der Waals surface area contributed by atoms with E-state index in [1.807, 2.05) is 55.6 Å². The predicted molar refractivity (Wildman–Crippen MR) is 87.2 cm³/mol. The Labute approximate surface area is 123 Å². The number of ether oxygens (including phenoxy) is 1. The maximum atomic E-state index is 6.00. The lowest BCUT2D eigenvalue weighted by Crippen LogP contribution is -2.10. The van der Waals surface area contributed by atoms with Gasteiger partial charge < -0.3 is 15.4 Å². The molecule has 3 aromatic rings. The van der Waals surface area contributed by atoms with E-state index in [0.717, 1.165) is 28.0 Å². The van der Waals surface area contributed by atoms with Crippen LogP contribution in [0.3, 0.4) is 0 Å². The number of pyridine rings is 1. The molecule has 1 aromatic heterocycles. The number of hydrogen-bond donors (Lipinski definition) is 1. The van der Waals surface area contributed by atoms with Crippen molar-refractivity contribution in [3.05, 3.63) is 54.7 Å². The molecule has 0 aliphatic rings. The van der Waals surface area contributed by atoms with E-state index in [4.69, 9.17) is 10.5 Å². The van der Waals surface area contributed by atoms with Crippen molar-refractivity contribution in [3.8, 4) is 5.75 Å². The number of nitrogens with zero attached hydrogens (tertiary/aromatic N) is 2. The van der Waals surface area contributed by atoms with Gasteiger partial charge in [-0.25, -0.2) is 0 Å². The molecule has 21 heavy (non-hydrogen) atoms. The summed E-state index contributed by atoms with van der Waals surface area (Å²) in [5.41, 5.74) is 9.67. The van der Waals surface area contributed by atoms with E-state index in [-0.39, 0.29) is 0 Å². The zero-order valence-corrected chi connectivity index (χ0v) is 12.1. The zero-order valence-electron chi connectivity index (χ0n) is 12.1. The van der Waals surface area contributed by atoms with Crippen molar-refractivity contribution in [2.75, 3.05) is 24.8 Å². The molecule has 0 atom stereocenters. The molecule has 0 saturated carbocycles. The number of nitrogen functional groups attached to an aromatic ring is 1. The maximum Gasteiger partial charge on any atom is 0.119 e. The molecule has 0 amide bonds. The second-order valence-electron chi connectivity index (χ2n) is 4.83. The van der Waals surface area contributed by atoms with Crippen molar-refractivity contribution in [1.82, 2.24) is 4.98 Å². The molecule has 1 heterocycles. The fourth-order valence-electron chi connectivity index (χ4n) is 2.42. The van der Waals surface area contributed by atoms with Gasteiger partial charge in [-0.1, -0.05) is 0 Å². The largest absolute Gasteiger partial charge is 0.497 e. The topological polar surface area (TPSA) is 51.4 Å². The van der Waals surface area contributed by atoms with Crippen molar-refractivity contribution in [2.45, 2.75) is 0 Å². The van der Waals surface area contributed by atoms with E-state index in [1.54, 1.807) is 13.3 Å². The van der Waals surface area contributed by atoms with Gasteiger partial charge in [0.15, 0.2) is 0 Å². The molecule has 0 spiro atoms. The number of anilines is 3. The van der Waals surface area contributed by atoms with Gasteiger partial charge in [0.25, 0.3) is 0 Å². The lowest BCUT2D eigenvalue weighted by Gasteiger charge is -2.22. The van der Waals surface area contributed by atoms with Crippen molar-refractivity contribution in [3.63, 3.8) is 0 Å². The molecule has 2 N–H and O–H groups in total. The minimum absolute atomic E-state index is 0.692. The van der Waals surface area contributed by atoms with Crippen LogP contribution in [0.15, 0.2) is 54.7 Å². The average molecular weight is 279 g/mol. The third kappa shape index (κ3) is 2.36. The van der Waals surface area contributed by atoms with Crippen LogP contribution in [-0.2, 0) is 0 Å². The van der Waals surface area contributed by atoms with Crippen LogP contribution in [0.5, 0.6) is 5.75 Å². The quantitative estimate of drug-likeness (QED) is 0.744. The van der Waals surface area contributed by atoms with Gasteiger partial charge in [0.1, 0.15) is 5.75 Å². The fourth-order valence-corrected chi connectivity index (χ4v) is 2.42. The fraction of sp³-hybridized carbons (Fsp3) is 0.118. The van der Waals surface area contributed by atoms with Gasteiger partial charge in [-0.05, 0) is 48.5 Å². The van der Waals surface area contributed by atoms with E-state index in [2.05, 4.69) is 9.88 Å². The van der Waals surface area contributed by atoms with Crippen molar-refractivity contribution < 1.29 is 4.74 Å². The Hall–Kier alpha value is -2.75. The summed E-state index contributed by atoms with van der Waals surface area (Å²) in [6.45, 7) is 0. The summed E-state index contributed by atoms with van der Waals surface area (Å²) in [5, 5.41) is 1.04. The van der Waals surface area contributed by atoms with Crippen LogP contribution in [-0.4, -0.2) is 19.1 Å². The second kappa shape index (κ2) is 5.32. The van der Waals surface area contributed by atoms with Crippen LogP contribution in [0.25, 0.3) is 10.9 Å². The minimum atomic E-state index is 0.692. The van der Waals surface area contributed by atoms with E-state index in [0.29, 0.717) is 5.69 Å². The molecule has 0 unspecified atom stereocenters. The maximum absolute atomic E-state index is 6.00. The highest BCUT2D eigenvalue weighted by atomic mass is 16.5. The van der Waals surface area contributed by atoms with Gasteiger partial charge in [-0.3, -0.25) is 4.98 Å². The smallest absolute Gasteiger partial charge is 0.119 e. The Bertz CT molecular complexity index is 769. The van der Waals surface area contributed by atoms with Crippen LogP contribution in [0.2, 0.25) is 0 Å². The van der Waals surface area contributed by atoms with E-state index in [1.165, 1.54) is 0 Å². The molecule has 4 nitrogen and oxygen atoms in total. The Morgan fingerprint density at radius 1 is 1.05 bits per heavy atom. The summed E-state index contributed by atoms with van der Waals surface area (Å²) >= 11 is 0. The van der Waals surface area contributed by atoms with Crippen LogP contribution < -0.4 is 15.4 Å². The third-order valence-corrected chi connectivity index (χ3v) is 3.60. The number of nitrogens with two attached hydrogens (primary N) is 1. The molecule has 0 aliphatic heterocycles. The van der Waals surface area contributed by atoms with Crippen molar-refractivity contribution in [2.24, 2.45) is 0 Å². The molecule has 0 aliphatic carbocycles. The molecule has 2 aromatic carbocycles. The number of benzene rings is 2. The molecule has 0 radical (unpaired) electrons. The Balaban J connectivity index is 2.08. The normalized spacial score (nSPS) is 10.6. The number of fused-ring (bicyclic) bond motifs is 1. The summed E-state index contributed by atoms with van der Waals surface area (Å²) in [4.78, 5) is 6.49. The van der Waals surface area contributed by atoms with E-state index in [9.17, 15) is 0 Å². The van der Waals surface area contributed by atoms with Crippen molar-refractivity contribution in [1.29, 1.82) is 0 Å². The zero-order chi connectivity index (χ0) is 14.8. The molecular formula is C17H17N3O. The lowest BCUT2D eigenvalue weighted by atomic mass is 10.1. The molecule has 106 valence electrons. The first kappa shape index (κ1) is 13.2. The van der Waals surface area contributed by atoms with Crippen LogP contribution in [0.4, 0.5) is 17.1 Å². The highest BCUT2D eigenvalue weighted by molar-refractivity contribution is 5.99. The van der Waals surface area contributed by atoms with Gasteiger partial charge >= 0.3 is 0 Å². The summed E-state index contributed by atoms with van der Waals surface area (Å²) in [5.74, 6) is 0.844. The Kier molecular flexibility index (Phi) is 3.36. The number of rotatable bonds is 3. The van der Waals surface area contributed by atoms with Gasteiger partial charge in [0, 0.05) is 24.3 Å². The monoisotopic (exact) mass is 279 g/mol. The highest BCUT2D eigenvalue weighted by Gasteiger charge is 2.10. The van der Waals surface area contributed by atoms with Gasteiger partial charge in [0.05, 0.1) is 24.0 Å². The number of methoxy groups -OCH3 is 1. The third-order valence-electron chi connectivity index (χ3n) is 3.60. The van der Waals surface area contributed by atoms with Crippen LogP contribution >= 0.6 is 0 Å². The van der Waals surface area contributed by atoms with Gasteiger partial charge in [-0.15, -0.1) is 0 Å². The predicted octanol–water partition coefficient (Wildman–Crippen LogP) is 3.59. The van der Waals surface area contributed by atoms with Gasteiger partial charge in [-0.2, -0.15) is 0 Å².